The van der Waals surface area contributed by atoms with Crippen LogP contribution in [0.15, 0.2) is 48.5 Å². The summed E-state index contributed by atoms with van der Waals surface area (Å²) in [4.78, 5) is 11.9. The molecule has 0 heterocycles. The van der Waals surface area contributed by atoms with Gasteiger partial charge in [0.1, 0.15) is 0 Å². The minimum atomic E-state index is -3.36. The fraction of sp³-hybridized carbons (Fsp3) is 0.278. The quantitative estimate of drug-likeness (QED) is 0.872. The minimum absolute atomic E-state index is 0.184. The molecule has 0 bridgehead atoms. The Hall–Kier alpha value is -2.18. The molecule has 1 amide bonds. The van der Waals surface area contributed by atoms with Gasteiger partial charge in [0.15, 0.2) is 0 Å². The predicted molar refractivity (Wildman–Crippen MR) is 95.9 cm³/mol. The van der Waals surface area contributed by atoms with Gasteiger partial charge in [0, 0.05) is 13.6 Å². The molecular formula is C18H22N2O3S. The van der Waals surface area contributed by atoms with Crippen LogP contribution in [0.1, 0.15) is 11.1 Å². The molecule has 0 aromatic heterocycles. The highest BCUT2D eigenvalue weighted by atomic mass is 32.2. The summed E-state index contributed by atoms with van der Waals surface area (Å²) in [6, 6.07) is 16.1. The third-order valence-electron chi connectivity index (χ3n) is 3.70. The fourth-order valence-corrected chi connectivity index (χ4v) is 2.61. The van der Waals surface area contributed by atoms with Crippen molar-refractivity contribution in [3.63, 3.8) is 0 Å². The minimum Gasteiger partial charge on any atom is -0.351 e. The Labute approximate surface area is 143 Å². The zero-order chi connectivity index (χ0) is 17.7. The molecule has 24 heavy (non-hydrogen) atoms. The van der Waals surface area contributed by atoms with Crippen LogP contribution < -0.4 is 5.32 Å². The molecule has 0 unspecified atom stereocenters. The van der Waals surface area contributed by atoms with Gasteiger partial charge in [-0.1, -0.05) is 48.0 Å². The third-order valence-corrected chi connectivity index (χ3v) is 4.96. The van der Waals surface area contributed by atoms with Crippen LogP contribution in [0.25, 0.3) is 11.1 Å². The van der Waals surface area contributed by atoms with Gasteiger partial charge in [-0.25, -0.2) is 8.42 Å². The molecule has 2 aromatic carbocycles. The monoisotopic (exact) mass is 346 g/mol. The summed E-state index contributed by atoms with van der Waals surface area (Å²) in [6.07, 6.45) is 1.08. The SMILES string of the molecule is Cc1cccc(-c2cccc(CNC(=O)CN(C)S(C)(=O)=O)c2)c1. The first-order valence-electron chi connectivity index (χ1n) is 7.60. The maximum absolute atomic E-state index is 11.9. The Morgan fingerprint density at radius 1 is 1.08 bits per heavy atom. The molecule has 0 radical (unpaired) electrons. The summed E-state index contributed by atoms with van der Waals surface area (Å²) in [5.74, 6) is -0.330. The summed E-state index contributed by atoms with van der Waals surface area (Å²) in [7, 11) is -1.97. The first-order chi connectivity index (χ1) is 11.3. The van der Waals surface area contributed by atoms with Gasteiger partial charge in [0.2, 0.25) is 15.9 Å². The molecule has 0 atom stereocenters. The van der Waals surface area contributed by atoms with Crippen LogP contribution >= 0.6 is 0 Å². The average Bonchev–Trinajstić information content (AvgIpc) is 2.52. The van der Waals surface area contributed by atoms with Gasteiger partial charge >= 0.3 is 0 Å². The number of aryl methyl sites for hydroxylation is 1. The first kappa shape index (κ1) is 18.2. The van der Waals surface area contributed by atoms with Crippen LogP contribution in [-0.4, -0.2) is 38.5 Å². The van der Waals surface area contributed by atoms with E-state index in [-0.39, 0.29) is 12.5 Å². The van der Waals surface area contributed by atoms with Crippen LogP contribution in [0.5, 0.6) is 0 Å². The second kappa shape index (κ2) is 7.59. The molecule has 0 aliphatic heterocycles. The van der Waals surface area contributed by atoms with Gasteiger partial charge < -0.3 is 5.32 Å². The van der Waals surface area contributed by atoms with Crippen LogP contribution in [0.2, 0.25) is 0 Å². The zero-order valence-electron chi connectivity index (χ0n) is 14.1. The van der Waals surface area contributed by atoms with Crippen molar-refractivity contribution in [1.29, 1.82) is 0 Å². The number of sulfonamides is 1. The molecule has 128 valence electrons. The highest BCUT2D eigenvalue weighted by Gasteiger charge is 2.14. The van der Waals surface area contributed by atoms with Gasteiger partial charge in [-0.3, -0.25) is 4.79 Å². The molecule has 1 N–H and O–H groups in total. The van der Waals surface area contributed by atoms with E-state index in [1.54, 1.807) is 0 Å². The summed E-state index contributed by atoms with van der Waals surface area (Å²) in [6.45, 7) is 2.22. The molecule has 2 rings (SSSR count). The lowest BCUT2D eigenvalue weighted by Gasteiger charge is -2.14. The number of hydrogen-bond donors (Lipinski definition) is 1. The largest absolute Gasteiger partial charge is 0.351 e. The average molecular weight is 346 g/mol. The van der Waals surface area contributed by atoms with E-state index in [0.717, 1.165) is 27.3 Å². The summed E-state index contributed by atoms with van der Waals surface area (Å²) in [5.41, 5.74) is 4.36. The lowest BCUT2D eigenvalue weighted by Crippen LogP contribution is -2.37. The van der Waals surface area contributed by atoms with Gasteiger partial charge in [-0.05, 0) is 29.7 Å². The maximum Gasteiger partial charge on any atom is 0.235 e. The van der Waals surface area contributed by atoms with E-state index in [9.17, 15) is 13.2 Å². The third kappa shape index (κ3) is 5.18. The Balaban J connectivity index is 2.01. The van der Waals surface area contributed by atoms with Crippen molar-refractivity contribution in [3.05, 3.63) is 59.7 Å². The number of carbonyl (C=O) groups excluding carboxylic acids is 1. The van der Waals surface area contributed by atoms with E-state index in [0.29, 0.717) is 6.54 Å². The van der Waals surface area contributed by atoms with Crippen molar-refractivity contribution in [2.45, 2.75) is 13.5 Å². The van der Waals surface area contributed by atoms with Gasteiger partial charge in [0.05, 0.1) is 12.8 Å². The Morgan fingerprint density at radius 2 is 1.71 bits per heavy atom. The van der Waals surface area contributed by atoms with Gasteiger partial charge in [-0.2, -0.15) is 4.31 Å². The topological polar surface area (TPSA) is 66.5 Å². The van der Waals surface area contributed by atoms with Crippen molar-refractivity contribution in [3.8, 4) is 11.1 Å². The molecule has 0 fully saturated rings. The number of likely N-dealkylation sites (N-methyl/N-ethyl adjacent to an activating group) is 1. The van der Waals surface area contributed by atoms with Crippen molar-refractivity contribution in [2.75, 3.05) is 19.8 Å². The number of benzene rings is 2. The number of nitrogens with zero attached hydrogens (tertiary/aromatic N) is 1. The number of hydrogen-bond acceptors (Lipinski definition) is 3. The molecule has 0 aliphatic rings. The number of amides is 1. The lowest BCUT2D eigenvalue weighted by atomic mass is 10.0. The Morgan fingerprint density at radius 3 is 2.33 bits per heavy atom. The van der Waals surface area contributed by atoms with Crippen LogP contribution in [0, 0.1) is 6.92 Å². The predicted octanol–water partition coefficient (Wildman–Crippen LogP) is 2.17. The van der Waals surface area contributed by atoms with Gasteiger partial charge in [-0.15, -0.1) is 0 Å². The second-order valence-electron chi connectivity index (χ2n) is 5.87. The lowest BCUT2D eigenvalue weighted by molar-refractivity contribution is -0.121. The van der Waals surface area contributed by atoms with Crippen LogP contribution in [-0.2, 0) is 21.4 Å². The molecule has 0 saturated heterocycles. The number of rotatable bonds is 6. The van der Waals surface area contributed by atoms with Crippen molar-refractivity contribution in [1.82, 2.24) is 9.62 Å². The standard InChI is InChI=1S/C18H22N2O3S/c1-14-6-4-8-16(10-14)17-9-5-7-15(11-17)12-19-18(21)13-20(2)24(3,22)23/h4-11H,12-13H2,1-3H3,(H,19,21). The normalized spacial score (nSPS) is 11.5. The maximum atomic E-state index is 11.9. The van der Waals surface area contributed by atoms with Gasteiger partial charge in [0.25, 0.3) is 0 Å². The van der Waals surface area contributed by atoms with E-state index in [4.69, 9.17) is 0 Å². The highest BCUT2D eigenvalue weighted by molar-refractivity contribution is 7.88. The molecule has 6 heteroatoms. The summed E-state index contributed by atoms with van der Waals surface area (Å²) < 4.78 is 23.7. The molecule has 0 aliphatic carbocycles. The first-order valence-corrected chi connectivity index (χ1v) is 9.44. The molecule has 5 nitrogen and oxygen atoms in total. The van der Waals surface area contributed by atoms with Crippen molar-refractivity contribution in [2.24, 2.45) is 0 Å². The zero-order valence-corrected chi connectivity index (χ0v) is 14.9. The number of nitrogens with one attached hydrogen (secondary N) is 1. The van der Waals surface area contributed by atoms with E-state index < -0.39 is 10.0 Å². The highest BCUT2D eigenvalue weighted by Crippen LogP contribution is 2.21. The molecular weight excluding hydrogens is 324 g/mol. The van der Waals surface area contributed by atoms with E-state index >= 15 is 0 Å². The van der Waals surface area contributed by atoms with Crippen molar-refractivity contribution >= 4 is 15.9 Å². The van der Waals surface area contributed by atoms with Crippen LogP contribution in [0.4, 0.5) is 0 Å². The molecule has 2 aromatic rings. The molecule has 0 spiro atoms. The Bertz CT molecular complexity index is 832. The van der Waals surface area contributed by atoms with E-state index in [1.807, 2.05) is 49.4 Å². The molecule has 0 saturated carbocycles. The summed E-state index contributed by atoms with van der Waals surface area (Å²) >= 11 is 0. The Kier molecular flexibility index (Phi) is 5.75. The fourth-order valence-electron chi connectivity index (χ4n) is 2.26. The van der Waals surface area contributed by atoms with Crippen molar-refractivity contribution < 1.29 is 13.2 Å². The summed E-state index contributed by atoms with van der Waals surface area (Å²) in [5, 5.41) is 2.75. The second-order valence-corrected chi connectivity index (χ2v) is 7.96. The van der Waals surface area contributed by atoms with E-state index in [2.05, 4.69) is 11.4 Å². The van der Waals surface area contributed by atoms with Crippen LogP contribution in [0.3, 0.4) is 0 Å². The number of carbonyl (C=O) groups is 1. The smallest absolute Gasteiger partial charge is 0.235 e. The van der Waals surface area contributed by atoms with E-state index in [1.165, 1.54) is 12.6 Å².